The Morgan fingerprint density at radius 3 is 2.62 bits per heavy atom. The van der Waals surface area contributed by atoms with Gasteiger partial charge in [0.05, 0.1) is 34.7 Å². The SMILES string of the molecule is O=C(Cc1ccccc1Cl)N=C1S[C@@H]2CS(=O)(=O)C[C@H]2N1c1cc(Cl)ccc1Cl. The van der Waals surface area contributed by atoms with Crippen molar-refractivity contribution >= 4 is 73.2 Å². The molecule has 152 valence electrons. The lowest BCUT2D eigenvalue weighted by Crippen LogP contribution is -2.38. The average molecular weight is 490 g/mol. The van der Waals surface area contributed by atoms with Crippen molar-refractivity contribution in [1.29, 1.82) is 0 Å². The van der Waals surface area contributed by atoms with Gasteiger partial charge in [0.25, 0.3) is 5.91 Å². The zero-order chi connectivity index (χ0) is 20.8. The standard InChI is InChI=1S/C19H15Cl3N2O3S2/c20-12-5-6-14(22)15(8-12)24-16-9-29(26,27)10-17(16)28-19(24)23-18(25)7-11-3-1-2-4-13(11)21/h1-6,8,16-17H,7,9-10H2/t16-,17-/m1/s1. The van der Waals surface area contributed by atoms with Crippen LogP contribution < -0.4 is 4.90 Å². The van der Waals surface area contributed by atoms with Gasteiger partial charge in [0, 0.05) is 15.3 Å². The van der Waals surface area contributed by atoms with Gasteiger partial charge in [-0.3, -0.25) is 4.79 Å². The molecule has 0 aromatic heterocycles. The first kappa shape index (κ1) is 21.0. The number of sulfone groups is 1. The largest absolute Gasteiger partial charge is 0.314 e. The summed E-state index contributed by atoms with van der Waals surface area (Å²) in [7, 11) is -3.17. The Kier molecular flexibility index (Phi) is 5.88. The molecule has 0 spiro atoms. The summed E-state index contributed by atoms with van der Waals surface area (Å²) >= 11 is 19.9. The molecule has 0 aliphatic carbocycles. The molecule has 2 aromatic rings. The second kappa shape index (κ2) is 8.12. The van der Waals surface area contributed by atoms with Crippen LogP contribution in [0.2, 0.25) is 15.1 Å². The number of aliphatic imine (C=N–C) groups is 1. The number of amides is 1. The highest BCUT2D eigenvalue weighted by Crippen LogP contribution is 2.43. The van der Waals surface area contributed by atoms with E-state index in [9.17, 15) is 13.2 Å². The van der Waals surface area contributed by atoms with Crippen molar-refractivity contribution in [3.05, 3.63) is 63.1 Å². The van der Waals surface area contributed by atoms with Crippen LogP contribution in [-0.4, -0.2) is 42.3 Å². The summed E-state index contributed by atoms with van der Waals surface area (Å²) < 4.78 is 24.3. The van der Waals surface area contributed by atoms with E-state index in [1.807, 2.05) is 0 Å². The van der Waals surface area contributed by atoms with Crippen molar-refractivity contribution in [3.8, 4) is 0 Å². The van der Waals surface area contributed by atoms with Crippen LogP contribution in [0.4, 0.5) is 5.69 Å². The fraction of sp³-hybridized carbons (Fsp3) is 0.263. The van der Waals surface area contributed by atoms with Crippen LogP contribution in [-0.2, 0) is 21.1 Å². The monoisotopic (exact) mass is 488 g/mol. The number of carbonyl (C=O) groups excluding carboxylic acids is 1. The molecule has 2 heterocycles. The molecule has 5 nitrogen and oxygen atoms in total. The zero-order valence-electron chi connectivity index (χ0n) is 14.9. The Balaban J connectivity index is 1.70. The van der Waals surface area contributed by atoms with Crippen LogP contribution in [0.15, 0.2) is 47.5 Å². The molecule has 2 atom stereocenters. The quantitative estimate of drug-likeness (QED) is 0.635. The van der Waals surface area contributed by atoms with Gasteiger partial charge in [0.15, 0.2) is 15.0 Å². The first-order chi connectivity index (χ1) is 13.7. The Bertz CT molecular complexity index is 1120. The molecule has 29 heavy (non-hydrogen) atoms. The maximum atomic E-state index is 12.6. The third-order valence-corrected chi connectivity index (χ3v) is 8.89. The number of hydrogen-bond acceptors (Lipinski definition) is 4. The number of hydrogen-bond donors (Lipinski definition) is 0. The van der Waals surface area contributed by atoms with Crippen molar-refractivity contribution in [2.24, 2.45) is 4.99 Å². The molecule has 1 amide bonds. The highest BCUT2D eigenvalue weighted by molar-refractivity contribution is 8.16. The Labute approximate surface area is 188 Å². The predicted molar refractivity (Wildman–Crippen MR) is 120 cm³/mol. The van der Waals surface area contributed by atoms with Crippen LogP contribution in [0.1, 0.15) is 5.56 Å². The van der Waals surface area contributed by atoms with Crippen molar-refractivity contribution in [1.82, 2.24) is 0 Å². The molecule has 10 heteroatoms. The van der Waals surface area contributed by atoms with E-state index in [-0.39, 0.29) is 35.1 Å². The van der Waals surface area contributed by atoms with Crippen LogP contribution in [0, 0.1) is 0 Å². The number of carbonyl (C=O) groups is 1. The fourth-order valence-corrected chi connectivity index (χ4v) is 7.97. The van der Waals surface area contributed by atoms with E-state index >= 15 is 0 Å². The third-order valence-electron chi connectivity index (χ3n) is 4.75. The second-order valence-electron chi connectivity index (χ2n) is 6.82. The average Bonchev–Trinajstić information content (AvgIpc) is 3.10. The molecule has 2 aliphatic rings. The maximum absolute atomic E-state index is 12.6. The van der Waals surface area contributed by atoms with E-state index < -0.39 is 9.84 Å². The Morgan fingerprint density at radius 1 is 1.10 bits per heavy atom. The van der Waals surface area contributed by atoms with E-state index in [4.69, 9.17) is 34.8 Å². The first-order valence-corrected chi connectivity index (χ1v) is 12.5. The van der Waals surface area contributed by atoms with Crippen molar-refractivity contribution in [3.63, 3.8) is 0 Å². The third kappa shape index (κ3) is 4.44. The van der Waals surface area contributed by atoms with E-state index in [1.165, 1.54) is 11.8 Å². The number of fused-ring (bicyclic) bond motifs is 1. The minimum absolute atomic E-state index is 0.0226. The summed E-state index contributed by atoms with van der Waals surface area (Å²) in [5.74, 6) is -0.355. The van der Waals surface area contributed by atoms with Crippen LogP contribution in [0.25, 0.3) is 0 Å². The number of amidine groups is 1. The predicted octanol–water partition coefficient (Wildman–Crippen LogP) is 4.49. The Morgan fingerprint density at radius 2 is 1.86 bits per heavy atom. The van der Waals surface area contributed by atoms with Gasteiger partial charge in [-0.25, -0.2) is 8.42 Å². The molecule has 2 saturated heterocycles. The highest BCUT2D eigenvalue weighted by atomic mass is 35.5. The molecule has 0 saturated carbocycles. The van der Waals surface area contributed by atoms with Gasteiger partial charge in [0.2, 0.25) is 0 Å². The van der Waals surface area contributed by atoms with Crippen molar-refractivity contribution in [2.75, 3.05) is 16.4 Å². The molecule has 2 aromatic carbocycles. The minimum atomic E-state index is -3.17. The summed E-state index contributed by atoms with van der Waals surface area (Å²) in [6.07, 6.45) is 0.0501. The summed E-state index contributed by atoms with van der Waals surface area (Å²) in [5, 5.41) is 1.57. The van der Waals surface area contributed by atoms with Gasteiger partial charge in [-0.05, 0) is 29.8 Å². The number of rotatable bonds is 3. The molecular weight excluding hydrogens is 475 g/mol. The molecular formula is C19H15Cl3N2O3S2. The normalized spacial score (nSPS) is 24.1. The number of halogens is 3. The van der Waals surface area contributed by atoms with Gasteiger partial charge < -0.3 is 4.90 Å². The summed E-state index contributed by atoms with van der Waals surface area (Å²) in [4.78, 5) is 18.7. The molecule has 0 N–H and O–H groups in total. The summed E-state index contributed by atoms with van der Waals surface area (Å²) in [6, 6.07) is 11.7. The van der Waals surface area contributed by atoms with Crippen LogP contribution in [0.5, 0.6) is 0 Å². The van der Waals surface area contributed by atoms with Gasteiger partial charge in [0.1, 0.15) is 0 Å². The highest BCUT2D eigenvalue weighted by Gasteiger charge is 2.49. The smallest absolute Gasteiger partial charge is 0.252 e. The Hall–Kier alpha value is -1.25. The molecule has 4 rings (SSSR count). The number of benzene rings is 2. The second-order valence-corrected chi connectivity index (χ2v) is 11.4. The fourth-order valence-electron chi connectivity index (χ4n) is 3.47. The van der Waals surface area contributed by atoms with Crippen LogP contribution >= 0.6 is 46.6 Å². The van der Waals surface area contributed by atoms with Gasteiger partial charge in [-0.15, -0.1) is 0 Å². The molecule has 2 aliphatic heterocycles. The number of nitrogens with zero attached hydrogens (tertiary/aromatic N) is 2. The summed E-state index contributed by atoms with van der Waals surface area (Å²) in [6.45, 7) is 0. The van der Waals surface area contributed by atoms with Crippen molar-refractivity contribution in [2.45, 2.75) is 17.7 Å². The zero-order valence-corrected chi connectivity index (χ0v) is 18.8. The molecule has 2 fully saturated rings. The van der Waals surface area contributed by atoms with Gasteiger partial charge in [-0.2, -0.15) is 4.99 Å². The van der Waals surface area contributed by atoms with Gasteiger partial charge in [-0.1, -0.05) is 64.8 Å². The topological polar surface area (TPSA) is 66.8 Å². The maximum Gasteiger partial charge on any atom is 0.252 e. The van der Waals surface area contributed by atoms with Crippen LogP contribution in [0.3, 0.4) is 0 Å². The first-order valence-electron chi connectivity index (χ1n) is 8.70. The van der Waals surface area contributed by atoms with E-state index in [2.05, 4.69) is 4.99 Å². The van der Waals surface area contributed by atoms with E-state index in [0.717, 1.165) is 0 Å². The van der Waals surface area contributed by atoms with Gasteiger partial charge >= 0.3 is 0 Å². The summed E-state index contributed by atoms with van der Waals surface area (Å²) in [5.41, 5.74) is 1.22. The lowest BCUT2D eigenvalue weighted by molar-refractivity contribution is -0.117. The lowest BCUT2D eigenvalue weighted by atomic mass is 10.1. The molecule has 0 radical (unpaired) electrons. The number of thioether (sulfide) groups is 1. The molecule has 0 bridgehead atoms. The van der Waals surface area contributed by atoms with E-state index in [0.29, 0.717) is 31.5 Å². The van der Waals surface area contributed by atoms with E-state index in [1.54, 1.807) is 47.4 Å². The number of anilines is 1. The minimum Gasteiger partial charge on any atom is -0.314 e. The van der Waals surface area contributed by atoms with Crippen molar-refractivity contribution < 1.29 is 13.2 Å². The lowest BCUT2D eigenvalue weighted by Gasteiger charge is -2.25. The molecule has 0 unspecified atom stereocenters.